The molecule has 0 aromatic heterocycles. The van der Waals surface area contributed by atoms with Gasteiger partial charge < -0.3 is 19.3 Å². The molecular formula is C24H27N3O4. The molecule has 31 heavy (non-hydrogen) atoms. The van der Waals surface area contributed by atoms with Gasteiger partial charge in [-0.05, 0) is 48.5 Å². The van der Waals surface area contributed by atoms with Gasteiger partial charge in [-0.1, -0.05) is 19.1 Å². The normalized spacial score (nSPS) is 17.5. The molecule has 7 nitrogen and oxygen atoms in total. The highest BCUT2D eigenvalue weighted by Crippen LogP contribution is 2.36. The van der Waals surface area contributed by atoms with Crippen LogP contribution in [0.3, 0.4) is 0 Å². The smallest absolute Gasteiger partial charge is 0.282 e. The quantitative estimate of drug-likeness (QED) is 0.669. The molecule has 2 heterocycles. The molecule has 1 saturated heterocycles. The predicted octanol–water partition coefficient (Wildman–Crippen LogP) is 2.63. The summed E-state index contributed by atoms with van der Waals surface area (Å²) in [6, 6.07) is 14.3. The lowest BCUT2D eigenvalue weighted by Gasteiger charge is -2.36. The van der Waals surface area contributed by atoms with E-state index in [9.17, 15) is 9.59 Å². The number of piperazine rings is 1. The number of amides is 2. The molecule has 0 N–H and O–H groups in total. The third-order valence-electron chi connectivity index (χ3n) is 5.90. The molecule has 2 aliphatic heterocycles. The minimum absolute atomic E-state index is 0.286. The molecule has 2 aromatic rings. The summed E-state index contributed by atoms with van der Waals surface area (Å²) < 4.78 is 10.5. The first-order valence-electron chi connectivity index (χ1n) is 10.5. The minimum atomic E-state index is -0.312. The van der Waals surface area contributed by atoms with Gasteiger partial charge in [0, 0.05) is 26.2 Å². The van der Waals surface area contributed by atoms with E-state index in [1.165, 1.54) is 4.90 Å². The number of hydrogen-bond acceptors (Lipinski definition) is 6. The van der Waals surface area contributed by atoms with Crippen molar-refractivity contribution in [2.24, 2.45) is 0 Å². The van der Waals surface area contributed by atoms with Crippen LogP contribution in [0.4, 0.5) is 5.69 Å². The van der Waals surface area contributed by atoms with Crippen LogP contribution in [0, 0.1) is 0 Å². The van der Waals surface area contributed by atoms with Crippen LogP contribution in [0.5, 0.6) is 11.5 Å². The van der Waals surface area contributed by atoms with Crippen molar-refractivity contribution in [1.29, 1.82) is 0 Å². The van der Waals surface area contributed by atoms with Crippen molar-refractivity contribution in [2.75, 3.05) is 51.8 Å². The van der Waals surface area contributed by atoms with Crippen LogP contribution < -0.4 is 14.4 Å². The molecule has 0 unspecified atom stereocenters. The summed E-state index contributed by atoms with van der Waals surface area (Å²) in [4.78, 5) is 32.8. The van der Waals surface area contributed by atoms with E-state index >= 15 is 0 Å². The van der Waals surface area contributed by atoms with Gasteiger partial charge in [0.2, 0.25) is 0 Å². The second-order valence-electron chi connectivity index (χ2n) is 7.52. The Bertz CT molecular complexity index is 990. The second-order valence-corrected chi connectivity index (χ2v) is 7.52. The van der Waals surface area contributed by atoms with Crippen LogP contribution in [0.15, 0.2) is 54.2 Å². The zero-order valence-electron chi connectivity index (χ0n) is 18.1. The number of hydrogen-bond donors (Lipinski definition) is 0. The summed E-state index contributed by atoms with van der Waals surface area (Å²) in [5, 5.41) is 0. The Labute approximate surface area is 182 Å². The Balaban J connectivity index is 1.74. The summed E-state index contributed by atoms with van der Waals surface area (Å²) in [6.07, 6.45) is 0. The number of imide groups is 1. The van der Waals surface area contributed by atoms with Gasteiger partial charge in [0.15, 0.2) is 0 Å². The lowest BCUT2D eigenvalue weighted by Crippen LogP contribution is -2.47. The van der Waals surface area contributed by atoms with Crippen molar-refractivity contribution in [2.45, 2.75) is 6.92 Å². The first-order valence-corrected chi connectivity index (χ1v) is 10.5. The number of carbonyl (C=O) groups excluding carboxylic acids is 2. The lowest BCUT2D eigenvalue weighted by molar-refractivity contribution is -0.120. The molecule has 2 amide bonds. The molecule has 0 spiro atoms. The number of benzene rings is 2. The second kappa shape index (κ2) is 8.81. The molecule has 0 atom stereocenters. The molecule has 0 bridgehead atoms. The van der Waals surface area contributed by atoms with Crippen LogP contribution in [0.2, 0.25) is 0 Å². The third-order valence-corrected chi connectivity index (χ3v) is 5.90. The fourth-order valence-electron chi connectivity index (χ4n) is 4.08. The highest BCUT2D eigenvalue weighted by atomic mass is 16.5. The van der Waals surface area contributed by atoms with E-state index in [0.29, 0.717) is 47.1 Å². The van der Waals surface area contributed by atoms with Gasteiger partial charge >= 0.3 is 0 Å². The van der Waals surface area contributed by atoms with Gasteiger partial charge in [-0.2, -0.15) is 0 Å². The number of rotatable bonds is 6. The Kier molecular flexibility index (Phi) is 5.95. The van der Waals surface area contributed by atoms with Crippen molar-refractivity contribution in [3.63, 3.8) is 0 Å². The molecule has 1 fully saturated rings. The van der Waals surface area contributed by atoms with Gasteiger partial charge in [0.25, 0.3) is 11.8 Å². The highest BCUT2D eigenvalue weighted by molar-refractivity contribution is 6.45. The van der Waals surface area contributed by atoms with Crippen LogP contribution in [0.1, 0.15) is 12.5 Å². The number of likely N-dealkylation sites (N-methyl/N-ethyl adjacent to an activating group) is 1. The van der Waals surface area contributed by atoms with Gasteiger partial charge in [-0.3, -0.25) is 9.59 Å². The first-order chi connectivity index (χ1) is 15.1. The maximum Gasteiger partial charge on any atom is 0.282 e. The van der Waals surface area contributed by atoms with Crippen LogP contribution in [-0.2, 0) is 9.59 Å². The van der Waals surface area contributed by atoms with Gasteiger partial charge in [0.1, 0.15) is 17.2 Å². The van der Waals surface area contributed by atoms with E-state index in [4.69, 9.17) is 9.47 Å². The molecule has 162 valence electrons. The van der Waals surface area contributed by atoms with E-state index in [1.807, 2.05) is 24.3 Å². The molecule has 0 radical (unpaired) electrons. The maximum absolute atomic E-state index is 13.6. The van der Waals surface area contributed by atoms with Crippen molar-refractivity contribution in [3.8, 4) is 11.5 Å². The minimum Gasteiger partial charge on any atom is -0.497 e. The third kappa shape index (κ3) is 3.88. The topological polar surface area (TPSA) is 62.3 Å². The Hall–Kier alpha value is -3.32. The van der Waals surface area contributed by atoms with Crippen LogP contribution >= 0.6 is 0 Å². The van der Waals surface area contributed by atoms with Crippen LogP contribution in [-0.4, -0.2) is 68.6 Å². The summed E-state index contributed by atoms with van der Waals surface area (Å²) in [7, 11) is 3.18. The van der Waals surface area contributed by atoms with E-state index in [-0.39, 0.29) is 11.8 Å². The van der Waals surface area contributed by atoms with Crippen molar-refractivity contribution >= 4 is 23.1 Å². The van der Waals surface area contributed by atoms with Crippen molar-refractivity contribution < 1.29 is 19.1 Å². The SMILES string of the molecule is CCN1CCN(C2=C(c3ccc(OC)cc3)C(=O)N(c3ccc(OC)cc3)C2=O)CC1. The number of carbonyl (C=O) groups is 2. The molecule has 4 rings (SSSR count). The molecule has 7 heteroatoms. The average Bonchev–Trinajstić information content (AvgIpc) is 3.09. The van der Waals surface area contributed by atoms with E-state index < -0.39 is 0 Å². The first kappa shape index (κ1) is 20.9. The van der Waals surface area contributed by atoms with Gasteiger partial charge in [-0.15, -0.1) is 0 Å². The standard InChI is InChI=1S/C24H27N3O4/c1-4-25-13-15-26(16-14-25)22-21(17-5-9-19(30-2)10-6-17)23(28)27(24(22)29)18-7-11-20(31-3)12-8-18/h5-12H,4,13-16H2,1-3H3. The average molecular weight is 421 g/mol. The Morgan fingerprint density at radius 1 is 0.774 bits per heavy atom. The summed E-state index contributed by atoms with van der Waals surface area (Å²) >= 11 is 0. The van der Waals surface area contributed by atoms with Crippen LogP contribution in [0.25, 0.3) is 5.57 Å². The summed E-state index contributed by atoms with van der Waals surface area (Å²) in [5.41, 5.74) is 2.15. The molecule has 2 aromatic carbocycles. The van der Waals surface area contributed by atoms with E-state index in [2.05, 4.69) is 16.7 Å². The van der Waals surface area contributed by atoms with Gasteiger partial charge in [0.05, 0.1) is 25.5 Å². The molecule has 0 saturated carbocycles. The van der Waals surface area contributed by atoms with Crippen molar-refractivity contribution in [1.82, 2.24) is 9.80 Å². The molecule has 2 aliphatic rings. The zero-order chi connectivity index (χ0) is 22.0. The summed E-state index contributed by atoms with van der Waals surface area (Å²) in [6.45, 7) is 6.24. The zero-order valence-corrected chi connectivity index (χ0v) is 18.1. The Morgan fingerprint density at radius 2 is 1.32 bits per heavy atom. The maximum atomic E-state index is 13.6. The van der Waals surface area contributed by atoms with E-state index in [1.54, 1.807) is 38.5 Å². The van der Waals surface area contributed by atoms with Gasteiger partial charge in [-0.25, -0.2) is 4.90 Å². The number of methoxy groups -OCH3 is 2. The fraction of sp³-hybridized carbons (Fsp3) is 0.333. The predicted molar refractivity (Wildman–Crippen MR) is 119 cm³/mol. The highest BCUT2D eigenvalue weighted by Gasteiger charge is 2.43. The Morgan fingerprint density at radius 3 is 1.84 bits per heavy atom. The molecular weight excluding hydrogens is 394 g/mol. The number of anilines is 1. The van der Waals surface area contributed by atoms with Crippen molar-refractivity contribution in [3.05, 3.63) is 59.8 Å². The monoisotopic (exact) mass is 421 g/mol. The molecule has 0 aliphatic carbocycles. The lowest BCUT2D eigenvalue weighted by atomic mass is 10.0. The number of nitrogens with zero attached hydrogens (tertiary/aromatic N) is 3. The van der Waals surface area contributed by atoms with E-state index in [0.717, 1.165) is 19.6 Å². The number of ether oxygens (including phenoxy) is 2. The largest absolute Gasteiger partial charge is 0.497 e. The fourth-order valence-corrected chi connectivity index (χ4v) is 4.08. The summed E-state index contributed by atoms with van der Waals surface area (Å²) in [5.74, 6) is 0.771.